The molecule has 23 heavy (non-hydrogen) atoms. The molecule has 1 aromatic heterocycles. The Morgan fingerprint density at radius 1 is 1.43 bits per heavy atom. The zero-order chi connectivity index (χ0) is 16.4. The fourth-order valence-electron chi connectivity index (χ4n) is 2.79. The Balaban J connectivity index is 1.71. The quantitative estimate of drug-likeness (QED) is 0.861. The molecule has 1 atom stereocenters. The normalized spacial score (nSPS) is 19.7. The maximum Gasteiger partial charge on any atom is 0.245 e. The highest BCUT2D eigenvalue weighted by molar-refractivity contribution is 5.33. The van der Waals surface area contributed by atoms with Gasteiger partial charge in [-0.2, -0.15) is 10.2 Å². The highest BCUT2D eigenvalue weighted by Crippen LogP contribution is 2.24. The number of nitrogens with zero attached hydrogens (tertiary/aromatic N) is 5. The SMILES string of the molecule is Cc1noc(C2CN(Cc3ccc(C#N)c(F)c3)CCN2C)n1. The molecule has 3 rings (SSSR count). The highest BCUT2D eigenvalue weighted by atomic mass is 19.1. The summed E-state index contributed by atoms with van der Waals surface area (Å²) in [5.41, 5.74) is 0.929. The summed E-state index contributed by atoms with van der Waals surface area (Å²) in [5, 5.41) is 12.6. The van der Waals surface area contributed by atoms with Gasteiger partial charge >= 0.3 is 0 Å². The summed E-state index contributed by atoms with van der Waals surface area (Å²) in [6.45, 7) is 4.90. The van der Waals surface area contributed by atoms with Gasteiger partial charge in [0.2, 0.25) is 5.89 Å². The largest absolute Gasteiger partial charge is 0.338 e. The van der Waals surface area contributed by atoms with Crippen molar-refractivity contribution < 1.29 is 8.91 Å². The second-order valence-electron chi connectivity index (χ2n) is 5.84. The van der Waals surface area contributed by atoms with Crippen molar-refractivity contribution in [1.29, 1.82) is 5.26 Å². The molecule has 0 radical (unpaired) electrons. The van der Waals surface area contributed by atoms with Gasteiger partial charge in [-0.1, -0.05) is 11.2 Å². The van der Waals surface area contributed by atoms with E-state index in [2.05, 4.69) is 19.9 Å². The van der Waals surface area contributed by atoms with Gasteiger partial charge in [-0.05, 0) is 31.7 Å². The van der Waals surface area contributed by atoms with Crippen LogP contribution in [-0.2, 0) is 6.54 Å². The van der Waals surface area contributed by atoms with E-state index in [1.165, 1.54) is 12.1 Å². The van der Waals surface area contributed by atoms with Crippen LogP contribution in [0.4, 0.5) is 4.39 Å². The van der Waals surface area contributed by atoms with Crippen LogP contribution < -0.4 is 0 Å². The van der Waals surface area contributed by atoms with Crippen molar-refractivity contribution in [1.82, 2.24) is 19.9 Å². The Hall–Kier alpha value is -2.30. The standard InChI is InChI=1S/C16H18FN5O/c1-11-19-16(23-20-11)15-10-22(6-5-21(15)2)9-12-3-4-13(8-18)14(17)7-12/h3-4,7,15H,5-6,9-10H2,1-2H3. The van der Waals surface area contributed by atoms with Crippen molar-refractivity contribution in [3.63, 3.8) is 0 Å². The maximum absolute atomic E-state index is 13.7. The zero-order valence-electron chi connectivity index (χ0n) is 13.2. The minimum absolute atomic E-state index is 0.0354. The lowest BCUT2D eigenvalue weighted by molar-refractivity contribution is 0.0714. The fourth-order valence-corrected chi connectivity index (χ4v) is 2.79. The van der Waals surface area contributed by atoms with Crippen LogP contribution in [0.5, 0.6) is 0 Å². The molecule has 1 saturated heterocycles. The van der Waals surface area contributed by atoms with Crippen molar-refractivity contribution >= 4 is 0 Å². The van der Waals surface area contributed by atoms with Crippen molar-refractivity contribution in [2.75, 3.05) is 26.7 Å². The molecule has 7 heteroatoms. The van der Waals surface area contributed by atoms with E-state index in [1.807, 2.05) is 13.1 Å². The molecular formula is C16H18FN5O. The molecule has 0 aliphatic carbocycles. The van der Waals surface area contributed by atoms with Gasteiger partial charge in [-0.15, -0.1) is 0 Å². The van der Waals surface area contributed by atoms with Crippen LogP contribution in [-0.4, -0.2) is 46.6 Å². The van der Waals surface area contributed by atoms with E-state index < -0.39 is 5.82 Å². The number of hydrogen-bond acceptors (Lipinski definition) is 6. The van der Waals surface area contributed by atoms with Crippen molar-refractivity contribution in [3.8, 4) is 6.07 Å². The van der Waals surface area contributed by atoms with Crippen LogP contribution in [0.3, 0.4) is 0 Å². The lowest BCUT2D eigenvalue weighted by Crippen LogP contribution is -2.46. The lowest BCUT2D eigenvalue weighted by Gasteiger charge is -2.37. The van der Waals surface area contributed by atoms with E-state index in [0.717, 1.165) is 25.2 Å². The molecule has 1 aliphatic rings. The van der Waals surface area contributed by atoms with Crippen molar-refractivity contribution in [2.24, 2.45) is 0 Å². The number of benzene rings is 1. The number of nitriles is 1. The third-order valence-corrected chi connectivity index (χ3v) is 4.12. The minimum atomic E-state index is -0.469. The average Bonchev–Trinajstić information content (AvgIpc) is 2.96. The van der Waals surface area contributed by atoms with E-state index in [9.17, 15) is 4.39 Å². The van der Waals surface area contributed by atoms with Gasteiger partial charge in [-0.25, -0.2) is 4.39 Å². The molecule has 2 heterocycles. The van der Waals surface area contributed by atoms with Gasteiger partial charge in [0, 0.05) is 26.2 Å². The monoisotopic (exact) mass is 315 g/mol. The molecule has 0 bridgehead atoms. The predicted molar refractivity (Wildman–Crippen MR) is 80.8 cm³/mol. The van der Waals surface area contributed by atoms with Gasteiger partial charge in [-0.3, -0.25) is 9.80 Å². The Labute approximate surface area is 134 Å². The van der Waals surface area contributed by atoms with E-state index >= 15 is 0 Å². The number of halogens is 1. The van der Waals surface area contributed by atoms with Crippen LogP contribution in [0.25, 0.3) is 0 Å². The molecular weight excluding hydrogens is 297 g/mol. The number of hydrogen-bond donors (Lipinski definition) is 0. The third kappa shape index (κ3) is 3.38. The van der Waals surface area contributed by atoms with Crippen LogP contribution in [0, 0.1) is 24.1 Å². The topological polar surface area (TPSA) is 69.2 Å². The first kappa shape index (κ1) is 15.6. The lowest BCUT2D eigenvalue weighted by atomic mass is 10.1. The predicted octanol–water partition coefficient (Wildman–Crippen LogP) is 1.88. The van der Waals surface area contributed by atoms with Gasteiger partial charge in [0.25, 0.3) is 0 Å². The molecule has 6 nitrogen and oxygen atoms in total. The van der Waals surface area contributed by atoms with E-state index in [-0.39, 0.29) is 11.6 Å². The van der Waals surface area contributed by atoms with E-state index in [4.69, 9.17) is 9.78 Å². The number of likely N-dealkylation sites (N-methyl/N-ethyl adjacent to an activating group) is 1. The summed E-state index contributed by atoms with van der Waals surface area (Å²) in [5.74, 6) is 0.767. The average molecular weight is 315 g/mol. The van der Waals surface area contributed by atoms with Crippen LogP contribution in [0.1, 0.15) is 28.9 Å². The van der Waals surface area contributed by atoms with Gasteiger partial charge in [0.15, 0.2) is 5.82 Å². The van der Waals surface area contributed by atoms with Gasteiger partial charge in [0.05, 0.1) is 5.56 Å². The summed E-state index contributed by atoms with van der Waals surface area (Å²) in [7, 11) is 2.03. The smallest absolute Gasteiger partial charge is 0.245 e. The Morgan fingerprint density at radius 2 is 2.26 bits per heavy atom. The molecule has 1 aliphatic heterocycles. The molecule has 2 aromatic rings. The fraction of sp³-hybridized carbons (Fsp3) is 0.438. The van der Waals surface area contributed by atoms with Gasteiger partial charge < -0.3 is 4.52 Å². The zero-order valence-corrected chi connectivity index (χ0v) is 13.2. The van der Waals surface area contributed by atoms with E-state index in [0.29, 0.717) is 18.3 Å². The molecule has 1 fully saturated rings. The summed E-state index contributed by atoms with van der Waals surface area (Å²) in [6, 6.07) is 6.63. The number of piperazine rings is 1. The molecule has 1 aromatic carbocycles. The first-order valence-electron chi connectivity index (χ1n) is 7.48. The van der Waals surface area contributed by atoms with Crippen LogP contribution in [0.15, 0.2) is 22.7 Å². The first-order valence-corrected chi connectivity index (χ1v) is 7.48. The molecule has 0 spiro atoms. The minimum Gasteiger partial charge on any atom is -0.338 e. The second kappa shape index (κ2) is 6.44. The van der Waals surface area contributed by atoms with Crippen molar-refractivity contribution in [2.45, 2.75) is 19.5 Å². The van der Waals surface area contributed by atoms with E-state index in [1.54, 1.807) is 13.0 Å². The number of aromatic nitrogens is 2. The number of rotatable bonds is 3. The van der Waals surface area contributed by atoms with Crippen LogP contribution in [0.2, 0.25) is 0 Å². The molecule has 0 saturated carbocycles. The Bertz CT molecular complexity index is 738. The van der Waals surface area contributed by atoms with Crippen molar-refractivity contribution in [3.05, 3.63) is 46.9 Å². The second-order valence-corrected chi connectivity index (χ2v) is 5.84. The highest BCUT2D eigenvalue weighted by Gasteiger charge is 2.29. The first-order chi connectivity index (χ1) is 11.1. The van der Waals surface area contributed by atoms with Gasteiger partial charge in [0.1, 0.15) is 17.9 Å². The Morgan fingerprint density at radius 3 is 2.91 bits per heavy atom. The Kier molecular flexibility index (Phi) is 4.37. The third-order valence-electron chi connectivity index (χ3n) is 4.12. The van der Waals surface area contributed by atoms with Crippen LogP contribution >= 0.6 is 0 Å². The summed E-state index contributed by atoms with van der Waals surface area (Å²) >= 11 is 0. The number of aryl methyl sites for hydroxylation is 1. The molecule has 120 valence electrons. The molecule has 0 N–H and O–H groups in total. The maximum atomic E-state index is 13.7. The summed E-state index contributed by atoms with van der Waals surface area (Å²) in [4.78, 5) is 8.73. The molecule has 1 unspecified atom stereocenters. The molecule has 0 amide bonds. The summed E-state index contributed by atoms with van der Waals surface area (Å²) in [6.07, 6.45) is 0. The summed E-state index contributed by atoms with van der Waals surface area (Å²) < 4.78 is 19.0.